The highest BCUT2D eigenvalue weighted by atomic mass is 79.9. The standard InChI is InChI=1S/C11H8BrN5O2/c12-4-1-2-6(13)5(3-4)8-14-7-9(15-8)16-11(19)17-10(7)18/h1-3H,13H2,(H3,14,15,16,17,18,19). The molecule has 7 nitrogen and oxygen atoms in total. The average molecular weight is 322 g/mol. The average Bonchev–Trinajstić information content (AvgIpc) is 2.76. The highest BCUT2D eigenvalue weighted by Gasteiger charge is 2.11. The van der Waals surface area contributed by atoms with Crippen LogP contribution in [0.15, 0.2) is 32.3 Å². The lowest BCUT2D eigenvalue weighted by molar-refractivity contribution is 1.07. The van der Waals surface area contributed by atoms with Crippen LogP contribution in [0.4, 0.5) is 5.69 Å². The summed E-state index contributed by atoms with van der Waals surface area (Å²) in [6, 6.07) is 5.30. The number of aromatic amines is 3. The van der Waals surface area contributed by atoms with Gasteiger partial charge in [-0.25, -0.2) is 9.78 Å². The van der Waals surface area contributed by atoms with Crippen molar-refractivity contribution in [3.8, 4) is 11.4 Å². The van der Waals surface area contributed by atoms with Gasteiger partial charge in [-0.1, -0.05) is 15.9 Å². The number of halogens is 1. The molecule has 3 rings (SSSR count). The molecular weight excluding hydrogens is 314 g/mol. The van der Waals surface area contributed by atoms with E-state index in [0.29, 0.717) is 17.1 Å². The summed E-state index contributed by atoms with van der Waals surface area (Å²) in [6.45, 7) is 0. The van der Waals surface area contributed by atoms with Crippen LogP contribution < -0.4 is 17.0 Å². The van der Waals surface area contributed by atoms with Gasteiger partial charge in [0.2, 0.25) is 0 Å². The van der Waals surface area contributed by atoms with Crippen LogP contribution in [0.25, 0.3) is 22.6 Å². The number of nitrogens with one attached hydrogen (secondary N) is 3. The van der Waals surface area contributed by atoms with E-state index in [1.807, 2.05) is 0 Å². The van der Waals surface area contributed by atoms with Crippen LogP contribution in [-0.4, -0.2) is 19.9 Å². The Bertz CT molecular complexity index is 892. The van der Waals surface area contributed by atoms with E-state index in [2.05, 4.69) is 35.9 Å². The van der Waals surface area contributed by atoms with Crippen molar-refractivity contribution in [2.75, 3.05) is 5.73 Å². The molecule has 1 aromatic carbocycles. The van der Waals surface area contributed by atoms with E-state index in [1.54, 1.807) is 18.2 Å². The van der Waals surface area contributed by atoms with Gasteiger partial charge in [-0.15, -0.1) is 0 Å². The monoisotopic (exact) mass is 321 g/mol. The molecule has 0 atom stereocenters. The van der Waals surface area contributed by atoms with Crippen LogP contribution in [0.1, 0.15) is 0 Å². The molecule has 0 saturated carbocycles. The van der Waals surface area contributed by atoms with Crippen LogP contribution in [0.5, 0.6) is 0 Å². The first-order chi connectivity index (χ1) is 9.04. The number of fused-ring (bicyclic) bond motifs is 1. The molecule has 3 aromatic rings. The van der Waals surface area contributed by atoms with E-state index in [0.717, 1.165) is 4.47 Å². The maximum atomic E-state index is 11.6. The van der Waals surface area contributed by atoms with Gasteiger partial charge in [0.1, 0.15) is 11.3 Å². The molecule has 0 bridgehead atoms. The number of hydrogen-bond acceptors (Lipinski definition) is 4. The Morgan fingerprint density at radius 1 is 1.16 bits per heavy atom. The zero-order valence-corrected chi connectivity index (χ0v) is 11.0. The molecule has 0 aliphatic heterocycles. The lowest BCUT2D eigenvalue weighted by atomic mass is 10.2. The molecule has 2 aromatic heterocycles. The van der Waals surface area contributed by atoms with E-state index in [-0.39, 0.29) is 11.2 Å². The lowest BCUT2D eigenvalue weighted by Crippen LogP contribution is -2.21. The third-order valence-electron chi connectivity index (χ3n) is 2.66. The Balaban J connectivity index is 2.32. The number of anilines is 1. The van der Waals surface area contributed by atoms with Crippen molar-refractivity contribution >= 4 is 32.8 Å². The summed E-state index contributed by atoms with van der Waals surface area (Å²) < 4.78 is 0.833. The minimum Gasteiger partial charge on any atom is -0.398 e. The molecule has 0 spiro atoms. The largest absolute Gasteiger partial charge is 0.398 e. The first-order valence-corrected chi connectivity index (χ1v) is 6.11. The number of imidazole rings is 1. The number of H-pyrrole nitrogens is 3. The molecular formula is C11H8BrN5O2. The van der Waals surface area contributed by atoms with Crippen molar-refractivity contribution < 1.29 is 0 Å². The van der Waals surface area contributed by atoms with Crippen molar-refractivity contribution in [2.24, 2.45) is 0 Å². The summed E-state index contributed by atoms with van der Waals surface area (Å²) >= 11 is 3.34. The minimum atomic E-state index is -0.599. The number of rotatable bonds is 1. The SMILES string of the molecule is Nc1ccc(Br)cc1-c1nc2[nH]c(=O)[nH]c(=O)c2[nH]1. The van der Waals surface area contributed by atoms with Gasteiger partial charge in [0, 0.05) is 15.7 Å². The highest BCUT2D eigenvalue weighted by Crippen LogP contribution is 2.27. The quantitative estimate of drug-likeness (QED) is 0.498. The van der Waals surface area contributed by atoms with Gasteiger partial charge in [0.05, 0.1) is 0 Å². The van der Waals surface area contributed by atoms with E-state index in [4.69, 9.17) is 5.73 Å². The summed E-state index contributed by atoms with van der Waals surface area (Å²) in [5.41, 5.74) is 6.31. The van der Waals surface area contributed by atoms with E-state index in [1.165, 1.54) is 0 Å². The molecule has 8 heteroatoms. The molecule has 5 N–H and O–H groups in total. The predicted octanol–water partition coefficient (Wildman–Crippen LogP) is 0.951. The molecule has 19 heavy (non-hydrogen) atoms. The van der Waals surface area contributed by atoms with Crippen molar-refractivity contribution in [1.82, 2.24) is 19.9 Å². The second-order valence-corrected chi connectivity index (χ2v) is 4.86. The van der Waals surface area contributed by atoms with Gasteiger partial charge in [0.15, 0.2) is 5.65 Å². The second kappa shape index (κ2) is 4.09. The van der Waals surface area contributed by atoms with Crippen molar-refractivity contribution in [3.63, 3.8) is 0 Å². The lowest BCUT2D eigenvalue weighted by Gasteiger charge is -2.02. The molecule has 0 radical (unpaired) electrons. The van der Waals surface area contributed by atoms with Crippen molar-refractivity contribution in [1.29, 1.82) is 0 Å². The van der Waals surface area contributed by atoms with Gasteiger partial charge < -0.3 is 10.7 Å². The Labute approximate surface area is 114 Å². The van der Waals surface area contributed by atoms with Gasteiger partial charge in [-0.2, -0.15) is 0 Å². The van der Waals surface area contributed by atoms with Gasteiger partial charge in [-0.3, -0.25) is 14.8 Å². The summed E-state index contributed by atoms with van der Waals surface area (Å²) in [6.07, 6.45) is 0. The molecule has 0 amide bonds. The van der Waals surface area contributed by atoms with Gasteiger partial charge in [0.25, 0.3) is 5.56 Å². The first-order valence-electron chi connectivity index (χ1n) is 5.32. The predicted molar refractivity (Wildman–Crippen MR) is 74.9 cm³/mol. The van der Waals surface area contributed by atoms with E-state index >= 15 is 0 Å². The molecule has 0 fully saturated rings. The van der Waals surface area contributed by atoms with Crippen molar-refractivity contribution in [2.45, 2.75) is 0 Å². The molecule has 96 valence electrons. The number of nitrogens with zero attached hydrogens (tertiary/aromatic N) is 1. The first kappa shape index (κ1) is 11.7. The number of hydrogen-bond donors (Lipinski definition) is 4. The third kappa shape index (κ3) is 1.95. The molecule has 0 aliphatic rings. The van der Waals surface area contributed by atoms with Gasteiger partial charge in [-0.05, 0) is 18.2 Å². The van der Waals surface area contributed by atoms with Crippen LogP contribution >= 0.6 is 15.9 Å². The Morgan fingerprint density at radius 3 is 2.74 bits per heavy atom. The molecule has 0 unspecified atom stereocenters. The normalized spacial score (nSPS) is 11.0. The van der Waals surface area contributed by atoms with Crippen LogP contribution in [0.3, 0.4) is 0 Å². The maximum Gasteiger partial charge on any atom is 0.327 e. The van der Waals surface area contributed by atoms with Crippen LogP contribution in [0.2, 0.25) is 0 Å². The van der Waals surface area contributed by atoms with Crippen molar-refractivity contribution in [3.05, 3.63) is 43.5 Å². The number of aromatic nitrogens is 4. The highest BCUT2D eigenvalue weighted by molar-refractivity contribution is 9.10. The summed E-state index contributed by atoms with van der Waals surface area (Å²) in [5, 5.41) is 0. The van der Waals surface area contributed by atoms with Crippen LogP contribution in [0, 0.1) is 0 Å². The molecule has 0 aliphatic carbocycles. The fraction of sp³-hybridized carbons (Fsp3) is 0. The summed E-state index contributed by atoms with van der Waals surface area (Å²) in [7, 11) is 0. The van der Waals surface area contributed by atoms with Gasteiger partial charge >= 0.3 is 5.69 Å². The summed E-state index contributed by atoms with van der Waals surface area (Å²) in [5.74, 6) is 0.418. The fourth-order valence-electron chi connectivity index (χ4n) is 1.79. The molecule has 0 saturated heterocycles. The zero-order chi connectivity index (χ0) is 13.6. The zero-order valence-electron chi connectivity index (χ0n) is 9.45. The number of nitrogen functional groups attached to an aromatic ring is 1. The number of benzene rings is 1. The van der Waals surface area contributed by atoms with E-state index < -0.39 is 11.2 Å². The van der Waals surface area contributed by atoms with E-state index in [9.17, 15) is 9.59 Å². The molecule has 2 heterocycles. The third-order valence-corrected chi connectivity index (χ3v) is 3.15. The maximum absolute atomic E-state index is 11.6. The van der Waals surface area contributed by atoms with Crippen LogP contribution in [-0.2, 0) is 0 Å². The second-order valence-electron chi connectivity index (χ2n) is 3.95. The fourth-order valence-corrected chi connectivity index (χ4v) is 2.15. The summed E-state index contributed by atoms with van der Waals surface area (Å²) in [4.78, 5) is 34.4. The topological polar surface area (TPSA) is 120 Å². The smallest absolute Gasteiger partial charge is 0.327 e. The Morgan fingerprint density at radius 2 is 1.95 bits per heavy atom. The number of nitrogens with two attached hydrogens (primary N) is 1. The Hall–Kier alpha value is -2.35. The minimum absolute atomic E-state index is 0.197. The Kier molecular flexibility index (Phi) is 2.53.